The van der Waals surface area contributed by atoms with E-state index in [0.717, 1.165) is 11.8 Å². The highest BCUT2D eigenvalue weighted by molar-refractivity contribution is 8.13. The summed E-state index contributed by atoms with van der Waals surface area (Å²) >= 11 is 1.08. The zero-order chi connectivity index (χ0) is 15.0. The van der Waals surface area contributed by atoms with Gasteiger partial charge in [-0.2, -0.15) is 0 Å². The summed E-state index contributed by atoms with van der Waals surface area (Å²) in [6.45, 7) is 2.94. The van der Waals surface area contributed by atoms with Crippen molar-refractivity contribution in [3.05, 3.63) is 0 Å². The molecule has 0 N–H and O–H groups in total. The number of thioether (sulfide) groups is 1. The third-order valence-electron chi connectivity index (χ3n) is 2.43. The van der Waals surface area contributed by atoms with Crippen molar-refractivity contribution in [2.45, 2.75) is 32.6 Å². The van der Waals surface area contributed by atoms with Crippen molar-refractivity contribution < 1.29 is 28.8 Å². The molecule has 8 heteroatoms. The highest BCUT2D eigenvalue weighted by Gasteiger charge is 2.32. The summed E-state index contributed by atoms with van der Waals surface area (Å²) in [5, 5.41) is 0.329. The Morgan fingerprint density at radius 2 is 1.85 bits per heavy atom. The van der Waals surface area contributed by atoms with Gasteiger partial charge in [-0.1, -0.05) is 11.8 Å². The molecular weight excluding hydrogens is 286 g/mol. The van der Waals surface area contributed by atoms with Crippen molar-refractivity contribution in [1.82, 2.24) is 5.06 Å². The van der Waals surface area contributed by atoms with Crippen LogP contribution in [0.15, 0.2) is 0 Å². The molecule has 2 amide bonds. The Morgan fingerprint density at radius 3 is 2.45 bits per heavy atom. The number of hydrogen-bond donors (Lipinski definition) is 0. The summed E-state index contributed by atoms with van der Waals surface area (Å²) in [7, 11) is 0. The van der Waals surface area contributed by atoms with Crippen LogP contribution in [0.2, 0.25) is 0 Å². The zero-order valence-electron chi connectivity index (χ0n) is 11.3. The molecule has 0 unspecified atom stereocenters. The first-order valence-corrected chi connectivity index (χ1v) is 7.33. The molecular formula is C12H17NO6S. The van der Waals surface area contributed by atoms with E-state index in [-0.39, 0.29) is 30.8 Å². The lowest BCUT2D eigenvalue weighted by Gasteiger charge is -2.12. The fraction of sp³-hybridized carbons (Fsp3) is 0.667. The van der Waals surface area contributed by atoms with Crippen molar-refractivity contribution in [2.24, 2.45) is 0 Å². The molecule has 1 fully saturated rings. The van der Waals surface area contributed by atoms with Gasteiger partial charge < -0.3 is 9.57 Å². The predicted molar refractivity (Wildman–Crippen MR) is 70.4 cm³/mol. The topological polar surface area (TPSA) is 90.0 Å². The summed E-state index contributed by atoms with van der Waals surface area (Å²) in [6.07, 6.45) is -0.0416. The van der Waals surface area contributed by atoms with Gasteiger partial charge in [-0.3, -0.25) is 14.4 Å². The van der Waals surface area contributed by atoms with E-state index in [2.05, 4.69) is 4.84 Å². The summed E-state index contributed by atoms with van der Waals surface area (Å²) in [5.74, 6) is -1.28. The Labute approximate surface area is 120 Å². The van der Waals surface area contributed by atoms with Gasteiger partial charge in [0, 0.05) is 31.6 Å². The molecule has 0 bridgehead atoms. The van der Waals surface area contributed by atoms with Crippen LogP contribution in [0, 0.1) is 0 Å². The van der Waals surface area contributed by atoms with E-state index < -0.39 is 17.8 Å². The van der Waals surface area contributed by atoms with E-state index >= 15 is 0 Å². The number of carbonyl (C=O) groups excluding carboxylic acids is 4. The summed E-state index contributed by atoms with van der Waals surface area (Å²) in [5.41, 5.74) is 0. The van der Waals surface area contributed by atoms with Crippen molar-refractivity contribution in [3.63, 3.8) is 0 Å². The highest BCUT2D eigenvalue weighted by Crippen LogP contribution is 2.14. The first-order chi connectivity index (χ1) is 9.54. The second-order valence-electron chi connectivity index (χ2n) is 3.96. The van der Waals surface area contributed by atoms with Gasteiger partial charge in [0.05, 0.1) is 13.0 Å². The summed E-state index contributed by atoms with van der Waals surface area (Å²) < 4.78 is 5.08. The van der Waals surface area contributed by atoms with Gasteiger partial charge in [0.15, 0.2) is 5.12 Å². The third kappa shape index (κ3) is 5.70. The standard InChI is InChI=1S/C12H17NO6S/c1-2-18-7-8-20-12(17)6-5-11(16)19-13-9(14)3-4-10(13)15/h2-8H2,1H3. The van der Waals surface area contributed by atoms with Gasteiger partial charge >= 0.3 is 5.97 Å². The number of rotatable bonds is 8. The molecule has 1 saturated heterocycles. The van der Waals surface area contributed by atoms with E-state index in [1.807, 2.05) is 6.92 Å². The van der Waals surface area contributed by atoms with E-state index in [4.69, 9.17) is 4.74 Å². The van der Waals surface area contributed by atoms with Gasteiger partial charge in [-0.05, 0) is 6.92 Å². The van der Waals surface area contributed by atoms with Gasteiger partial charge in [0.25, 0.3) is 11.8 Å². The first-order valence-electron chi connectivity index (χ1n) is 6.34. The van der Waals surface area contributed by atoms with Crippen molar-refractivity contribution >= 4 is 34.7 Å². The molecule has 0 aliphatic carbocycles. The maximum atomic E-state index is 11.4. The molecule has 0 saturated carbocycles. The molecule has 1 aliphatic heterocycles. The van der Waals surface area contributed by atoms with E-state index in [9.17, 15) is 19.2 Å². The lowest BCUT2D eigenvalue weighted by atomic mass is 10.3. The number of amides is 2. The van der Waals surface area contributed by atoms with E-state index in [1.54, 1.807) is 0 Å². The van der Waals surface area contributed by atoms with Crippen LogP contribution in [0.5, 0.6) is 0 Å². The summed E-state index contributed by atoms with van der Waals surface area (Å²) in [4.78, 5) is 49.9. The number of carbonyl (C=O) groups is 4. The number of hydrogen-bond acceptors (Lipinski definition) is 7. The summed E-state index contributed by atoms with van der Waals surface area (Å²) in [6, 6.07) is 0. The van der Waals surface area contributed by atoms with Crippen LogP contribution in [0.1, 0.15) is 32.6 Å². The number of ether oxygens (including phenoxy) is 1. The predicted octanol–water partition coefficient (Wildman–Crippen LogP) is 0.670. The van der Waals surface area contributed by atoms with E-state index in [0.29, 0.717) is 24.0 Å². The van der Waals surface area contributed by atoms with E-state index in [1.165, 1.54) is 0 Å². The maximum absolute atomic E-state index is 11.4. The molecule has 7 nitrogen and oxygen atoms in total. The number of imide groups is 1. The van der Waals surface area contributed by atoms with Crippen molar-refractivity contribution in [2.75, 3.05) is 19.0 Å². The zero-order valence-corrected chi connectivity index (χ0v) is 12.1. The molecule has 0 aromatic heterocycles. The van der Waals surface area contributed by atoms with Crippen LogP contribution in [0.4, 0.5) is 0 Å². The maximum Gasteiger partial charge on any atom is 0.333 e. The second kappa shape index (κ2) is 8.70. The van der Waals surface area contributed by atoms with Crippen LogP contribution in [-0.4, -0.2) is 46.9 Å². The number of hydroxylamine groups is 2. The molecule has 1 heterocycles. The Bertz CT molecular complexity index is 381. The monoisotopic (exact) mass is 303 g/mol. The first kappa shape index (κ1) is 16.6. The highest BCUT2D eigenvalue weighted by atomic mass is 32.2. The third-order valence-corrected chi connectivity index (χ3v) is 3.32. The van der Waals surface area contributed by atoms with Gasteiger partial charge in [-0.15, -0.1) is 5.06 Å². The smallest absolute Gasteiger partial charge is 0.333 e. The van der Waals surface area contributed by atoms with Crippen LogP contribution >= 0.6 is 11.8 Å². The minimum absolute atomic E-state index is 0.00580. The molecule has 0 spiro atoms. The van der Waals surface area contributed by atoms with Crippen molar-refractivity contribution in [1.29, 1.82) is 0 Å². The lowest BCUT2D eigenvalue weighted by molar-refractivity contribution is -0.197. The molecule has 1 rings (SSSR count). The quantitative estimate of drug-likeness (QED) is 0.481. The molecule has 20 heavy (non-hydrogen) atoms. The molecule has 0 aromatic carbocycles. The molecule has 0 aromatic rings. The van der Waals surface area contributed by atoms with Gasteiger partial charge in [0.2, 0.25) is 0 Å². The Balaban J connectivity index is 2.18. The minimum Gasteiger partial charge on any atom is -0.381 e. The Kier molecular flexibility index (Phi) is 7.24. The average molecular weight is 303 g/mol. The Hall–Kier alpha value is -1.41. The van der Waals surface area contributed by atoms with Crippen LogP contribution in [0.3, 0.4) is 0 Å². The molecule has 0 radical (unpaired) electrons. The van der Waals surface area contributed by atoms with Crippen LogP contribution < -0.4 is 0 Å². The van der Waals surface area contributed by atoms with Gasteiger partial charge in [0.1, 0.15) is 0 Å². The average Bonchev–Trinajstić information content (AvgIpc) is 2.73. The molecule has 0 atom stereocenters. The second-order valence-corrected chi connectivity index (χ2v) is 5.11. The molecule has 1 aliphatic rings. The Morgan fingerprint density at radius 1 is 1.20 bits per heavy atom. The fourth-order valence-electron chi connectivity index (χ4n) is 1.44. The normalized spacial score (nSPS) is 14.8. The van der Waals surface area contributed by atoms with Crippen LogP contribution in [0.25, 0.3) is 0 Å². The largest absolute Gasteiger partial charge is 0.381 e. The minimum atomic E-state index is -0.757. The fourth-order valence-corrected chi connectivity index (χ4v) is 2.12. The van der Waals surface area contributed by atoms with Crippen LogP contribution in [-0.2, 0) is 28.8 Å². The van der Waals surface area contributed by atoms with Crippen molar-refractivity contribution in [3.8, 4) is 0 Å². The lowest BCUT2D eigenvalue weighted by Crippen LogP contribution is -2.32. The van der Waals surface area contributed by atoms with Gasteiger partial charge in [-0.25, -0.2) is 4.79 Å². The SMILES string of the molecule is CCOCCSC(=O)CCC(=O)ON1C(=O)CCC1=O. The number of nitrogens with zero attached hydrogens (tertiary/aromatic N) is 1. The molecule has 112 valence electrons.